The van der Waals surface area contributed by atoms with Crippen LogP contribution in [0.2, 0.25) is 0 Å². The maximum Gasteiger partial charge on any atom is -0.0274 e. The van der Waals surface area contributed by atoms with Gasteiger partial charge in [-0.05, 0) is 37.8 Å². The van der Waals surface area contributed by atoms with Crippen molar-refractivity contribution in [3.63, 3.8) is 0 Å². The Balaban J connectivity index is 3.14. The number of hydrogen-bond donors (Lipinski definition) is 0. The van der Waals surface area contributed by atoms with E-state index >= 15 is 0 Å². The van der Waals surface area contributed by atoms with Crippen molar-refractivity contribution in [2.75, 3.05) is 0 Å². The van der Waals surface area contributed by atoms with Crippen molar-refractivity contribution in [1.29, 1.82) is 0 Å². The summed E-state index contributed by atoms with van der Waals surface area (Å²) in [7, 11) is 0. The van der Waals surface area contributed by atoms with Crippen molar-refractivity contribution in [3.05, 3.63) is 17.9 Å². The van der Waals surface area contributed by atoms with E-state index in [-0.39, 0.29) is 0 Å². The molecule has 0 atom stereocenters. The zero-order valence-corrected chi connectivity index (χ0v) is 15.7. The summed E-state index contributed by atoms with van der Waals surface area (Å²) in [6, 6.07) is 0. The summed E-state index contributed by atoms with van der Waals surface area (Å²) in [5.41, 5.74) is 3.36. The molecule has 0 bridgehead atoms. The zero-order chi connectivity index (χ0) is 16.1. The SMILES string of the molecule is CCCCCCCCC=C=CCCCCCCCCCCC. The largest absolute Gasteiger partial charge is 0.130 e. The van der Waals surface area contributed by atoms with Crippen LogP contribution in [-0.2, 0) is 0 Å². The molecule has 22 heavy (non-hydrogen) atoms. The molecule has 0 N–H and O–H groups in total. The van der Waals surface area contributed by atoms with E-state index in [0.29, 0.717) is 0 Å². The van der Waals surface area contributed by atoms with Crippen molar-refractivity contribution >= 4 is 0 Å². The molecular weight excluding hydrogens is 264 g/mol. The van der Waals surface area contributed by atoms with Crippen molar-refractivity contribution in [1.82, 2.24) is 0 Å². The quantitative estimate of drug-likeness (QED) is 0.187. The van der Waals surface area contributed by atoms with Crippen LogP contribution in [0.5, 0.6) is 0 Å². The molecule has 130 valence electrons. The van der Waals surface area contributed by atoms with Gasteiger partial charge in [0, 0.05) is 0 Å². The summed E-state index contributed by atoms with van der Waals surface area (Å²) in [5.74, 6) is 0. The molecule has 0 heteroatoms. The summed E-state index contributed by atoms with van der Waals surface area (Å²) in [5, 5.41) is 0. The van der Waals surface area contributed by atoms with E-state index in [2.05, 4.69) is 31.7 Å². The van der Waals surface area contributed by atoms with Gasteiger partial charge in [0.05, 0.1) is 0 Å². The Morgan fingerprint density at radius 1 is 0.455 bits per heavy atom. The molecule has 0 fully saturated rings. The third-order valence-electron chi connectivity index (χ3n) is 4.39. The lowest BCUT2D eigenvalue weighted by Gasteiger charge is -2.00. The van der Waals surface area contributed by atoms with Gasteiger partial charge in [0.25, 0.3) is 0 Å². The molecule has 0 unspecified atom stereocenters. The van der Waals surface area contributed by atoms with E-state index in [4.69, 9.17) is 0 Å². The van der Waals surface area contributed by atoms with E-state index in [1.807, 2.05) is 0 Å². The second kappa shape index (κ2) is 20.5. The first-order valence-corrected chi connectivity index (χ1v) is 10.3. The normalized spacial score (nSPS) is 10.5. The second-order valence-corrected chi connectivity index (χ2v) is 6.75. The molecule has 0 rings (SSSR count). The van der Waals surface area contributed by atoms with Crippen LogP contribution in [0.1, 0.15) is 123 Å². The van der Waals surface area contributed by atoms with Gasteiger partial charge in [0.2, 0.25) is 0 Å². The van der Waals surface area contributed by atoms with E-state index in [9.17, 15) is 0 Å². The fraction of sp³-hybridized carbons (Fsp3) is 0.864. The average molecular weight is 307 g/mol. The molecular formula is C22H42. The molecule has 0 saturated carbocycles. The predicted molar refractivity (Wildman–Crippen MR) is 102 cm³/mol. The lowest BCUT2D eigenvalue weighted by Crippen LogP contribution is -1.80. The molecule has 0 aliphatic rings. The minimum atomic E-state index is 1.22. The molecule has 0 aliphatic carbocycles. The van der Waals surface area contributed by atoms with Crippen LogP contribution >= 0.6 is 0 Å². The van der Waals surface area contributed by atoms with Crippen molar-refractivity contribution in [3.8, 4) is 0 Å². The first-order chi connectivity index (χ1) is 10.9. The molecule has 0 radical (unpaired) electrons. The van der Waals surface area contributed by atoms with Gasteiger partial charge in [-0.15, -0.1) is 5.73 Å². The molecule has 0 heterocycles. The van der Waals surface area contributed by atoms with Crippen molar-refractivity contribution in [2.24, 2.45) is 0 Å². The minimum Gasteiger partial charge on any atom is -0.130 e. The highest BCUT2D eigenvalue weighted by Gasteiger charge is 1.91. The maximum atomic E-state index is 3.36. The Morgan fingerprint density at radius 2 is 0.773 bits per heavy atom. The highest BCUT2D eigenvalue weighted by molar-refractivity contribution is 4.84. The topological polar surface area (TPSA) is 0 Å². The Morgan fingerprint density at radius 3 is 1.14 bits per heavy atom. The van der Waals surface area contributed by atoms with E-state index in [0.717, 1.165) is 0 Å². The highest BCUT2D eigenvalue weighted by atomic mass is 14.0. The van der Waals surface area contributed by atoms with Crippen LogP contribution in [0, 0.1) is 0 Å². The van der Waals surface area contributed by atoms with Gasteiger partial charge in [-0.2, -0.15) is 0 Å². The fourth-order valence-electron chi connectivity index (χ4n) is 2.83. The van der Waals surface area contributed by atoms with Crippen molar-refractivity contribution < 1.29 is 0 Å². The molecule has 0 aromatic carbocycles. The average Bonchev–Trinajstić information content (AvgIpc) is 2.54. The summed E-state index contributed by atoms with van der Waals surface area (Å²) >= 11 is 0. The Kier molecular flexibility index (Phi) is 20.1. The summed E-state index contributed by atoms with van der Waals surface area (Å²) < 4.78 is 0. The third-order valence-corrected chi connectivity index (χ3v) is 4.39. The number of allylic oxidation sites excluding steroid dienone is 1. The summed E-state index contributed by atoms with van der Waals surface area (Å²) in [4.78, 5) is 0. The van der Waals surface area contributed by atoms with Crippen LogP contribution in [0.4, 0.5) is 0 Å². The smallest absolute Gasteiger partial charge is 0.0274 e. The molecule has 0 amide bonds. The Bertz CT molecular complexity index is 245. The third kappa shape index (κ3) is 19.5. The zero-order valence-electron chi connectivity index (χ0n) is 15.7. The van der Waals surface area contributed by atoms with Crippen LogP contribution < -0.4 is 0 Å². The second-order valence-electron chi connectivity index (χ2n) is 6.75. The van der Waals surface area contributed by atoms with Crippen LogP contribution in [0.3, 0.4) is 0 Å². The first-order valence-electron chi connectivity index (χ1n) is 10.3. The van der Waals surface area contributed by atoms with Crippen LogP contribution in [-0.4, -0.2) is 0 Å². The Hall–Kier alpha value is -0.480. The molecule has 0 saturated heterocycles. The standard InChI is InChI=1S/C22H42/c1-3-5-7-9-11-13-15-17-19-21-22-20-18-16-14-12-10-8-6-4-2/h17,21H,3-16,18,20,22H2,1-2H3. The lowest BCUT2D eigenvalue weighted by atomic mass is 10.1. The van der Waals surface area contributed by atoms with Gasteiger partial charge >= 0.3 is 0 Å². The number of hydrogen-bond acceptors (Lipinski definition) is 0. The maximum absolute atomic E-state index is 3.36. The monoisotopic (exact) mass is 306 g/mol. The fourth-order valence-corrected chi connectivity index (χ4v) is 2.83. The summed E-state index contributed by atoms with van der Waals surface area (Å²) in [6.07, 6.45) is 28.1. The van der Waals surface area contributed by atoms with Gasteiger partial charge in [-0.1, -0.05) is 97.3 Å². The van der Waals surface area contributed by atoms with Gasteiger partial charge in [0.1, 0.15) is 0 Å². The van der Waals surface area contributed by atoms with Gasteiger partial charge in [-0.25, -0.2) is 0 Å². The molecule has 0 spiro atoms. The van der Waals surface area contributed by atoms with Gasteiger partial charge in [-0.3, -0.25) is 0 Å². The van der Waals surface area contributed by atoms with Gasteiger partial charge < -0.3 is 0 Å². The van der Waals surface area contributed by atoms with E-state index < -0.39 is 0 Å². The number of rotatable bonds is 17. The molecule has 0 aliphatic heterocycles. The van der Waals surface area contributed by atoms with Gasteiger partial charge in [0.15, 0.2) is 0 Å². The van der Waals surface area contributed by atoms with E-state index in [1.54, 1.807) is 0 Å². The lowest BCUT2D eigenvalue weighted by molar-refractivity contribution is 0.566. The molecule has 0 aromatic rings. The van der Waals surface area contributed by atoms with Crippen LogP contribution in [0.25, 0.3) is 0 Å². The Labute approximate surface area is 141 Å². The number of unbranched alkanes of at least 4 members (excludes halogenated alkanes) is 15. The summed E-state index contributed by atoms with van der Waals surface area (Å²) in [6.45, 7) is 4.57. The predicted octanol–water partition coefficient (Wildman–Crippen LogP) is 8.37. The minimum absolute atomic E-state index is 1.22. The highest BCUT2D eigenvalue weighted by Crippen LogP contribution is 2.10. The molecule has 0 aromatic heterocycles. The molecule has 0 nitrogen and oxygen atoms in total. The van der Waals surface area contributed by atoms with Crippen LogP contribution in [0.15, 0.2) is 17.9 Å². The first kappa shape index (κ1) is 21.5. The van der Waals surface area contributed by atoms with Crippen molar-refractivity contribution in [2.45, 2.75) is 123 Å². The van der Waals surface area contributed by atoms with E-state index in [1.165, 1.54) is 109 Å².